The molecule has 0 radical (unpaired) electrons. The first kappa shape index (κ1) is 20.2. The van der Waals surface area contributed by atoms with Gasteiger partial charge < -0.3 is 15.0 Å². The van der Waals surface area contributed by atoms with Crippen LogP contribution in [0.3, 0.4) is 0 Å². The van der Waals surface area contributed by atoms with Crippen molar-refractivity contribution in [1.29, 1.82) is 0 Å². The molecule has 1 amide bonds. The molecular formula is C22H21F4N3O2. The number of fused-ring (bicyclic) bond motifs is 5. The molecule has 1 aliphatic heterocycles. The topological polar surface area (TPSA) is 54.5 Å². The number of hydrogen-bond donors (Lipinski definition) is 1. The Kier molecular flexibility index (Phi) is 4.88. The fourth-order valence-corrected chi connectivity index (χ4v) is 5.06. The van der Waals surface area contributed by atoms with Gasteiger partial charge in [0.15, 0.2) is 0 Å². The van der Waals surface area contributed by atoms with Crippen LogP contribution in [0.4, 0.5) is 28.9 Å². The molecule has 31 heavy (non-hydrogen) atoms. The second kappa shape index (κ2) is 7.47. The summed E-state index contributed by atoms with van der Waals surface area (Å²) >= 11 is 0. The summed E-state index contributed by atoms with van der Waals surface area (Å²) in [5, 5.41) is 3.00. The third-order valence-electron chi connectivity index (χ3n) is 6.46. The smallest absolute Gasteiger partial charge is 0.378 e. The number of anilines is 2. The molecule has 2 heterocycles. The van der Waals surface area contributed by atoms with Crippen LogP contribution in [0.2, 0.25) is 0 Å². The molecule has 1 saturated carbocycles. The summed E-state index contributed by atoms with van der Waals surface area (Å²) in [6, 6.07) is 2.85. The Bertz CT molecular complexity index is 1030. The summed E-state index contributed by atoms with van der Waals surface area (Å²) in [5.41, 5.74) is 1.71. The van der Waals surface area contributed by atoms with E-state index in [4.69, 9.17) is 4.74 Å². The Hall–Kier alpha value is -2.68. The van der Waals surface area contributed by atoms with Gasteiger partial charge in [-0.2, -0.15) is 13.2 Å². The minimum atomic E-state index is -4.78. The highest BCUT2D eigenvalue weighted by atomic mass is 19.4. The molecule has 2 aliphatic carbocycles. The SMILES string of the molecule is O=C(c1ncc(Nc2ccc(F)c(C(F)(F)F)c2)c2c1C1CCC2C1)N1CCOCC1. The van der Waals surface area contributed by atoms with Crippen LogP contribution in [0, 0.1) is 5.82 Å². The zero-order valence-electron chi connectivity index (χ0n) is 16.6. The molecular weight excluding hydrogens is 414 g/mol. The average molecular weight is 435 g/mol. The van der Waals surface area contributed by atoms with Crippen molar-refractivity contribution in [3.63, 3.8) is 0 Å². The van der Waals surface area contributed by atoms with E-state index in [1.165, 1.54) is 12.3 Å². The van der Waals surface area contributed by atoms with Gasteiger partial charge in [0, 0.05) is 18.8 Å². The number of amides is 1. The van der Waals surface area contributed by atoms with Gasteiger partial charge in [-0.3, -0.25) is 4.79 Å². The van der Waals surface area contributed by atoms with E-state index in [2.05, 4.69) is 10.3 Å². The lowest BCUT2D eigenvalue weighted by molar-refractivity contribution is -0.139. The third kappa shape index (κ3) is 3.54. The summed E-state index contributed by atoms with van der Waals surface area (Å²) in [4.78, 5) is 19.3. The Labute approximate surface area is 176 Å². The number of ether oxygens (including phenoxy) is 1. The van der Waals surface area contributed by atoms with Crippen LogP contribution in [0.1, 0.15) is 58.3 Å². The molecule has 1 aromatic carbocycles. The lowest BCUT2D eigenvalue weighted by Gasteiger charge is -2.29. The molecule has 1 saturated heterocycles. The number of hydrogen-bond acceptors (Lipinski definition) is 4. The molecule has 2 fully saturated rings. The van der Waals surface area contributed by atoms with Gasteiger partial charge >= 0.3 is 6.18 Å². The van der Waals surface area contributed by atoms with E-state index in [0.717, 1.165) is 42.5 Å². The molecule has 5 nitrogen and oxygen atoms in total. The maximum Gasteiger partial charge on any atom is 0.419 e. The van der Waals surface area contributed by atoms with Crippen LogP contribution in [0.25, 0.3) is 0 Å². The van der Waals surface area contributed by atoms with Gasteiger partial charge in [-0.1, -0.05) is 0 Å². The van der Waals surface area contributed by atoms with E-state index in [-0.39, 0.29) is 23.4 Å². The van der Waals surface area contributed by atoms with Crippen LogP contribution < -0.4 is 5.32 Å². The molecule has 3 aliphatic rings. The van der Waals surface area contributed by atoms with Crippen molar-refractivity contribution in [3.8, 4) is 0 Å². The van der Waals surface area contributed by atoms with E-state index in [9.17, 15) is 22.4 Å². The van der Waals surface area contributed by atoms with E-state index in [0.29, 0.717) is 37.7 Å². The van der Waals surface area contributed by atoms with Gasteiger partial charge in [0.25, 0.3) is 5.91 Å². The summed E-state index contributed by atoms with van der Waals surface area (Å²) < 4.78 is 58.3. The van der Waals surface area contributed by atoms with Crippen molar-refractivity contribution < 1.29 is 27.1 Å². The van der Waals surface area contributed by atoms with Crippen molar-refractivity contribution in [2.45, 2.75) is 37.3 Å². The minimum Gasteiger partial charge on any atom is -0.378 e. The normalized spacial score (nSPS) is 22.5. The van der Waals surface area contributed by atoms with E-state index >= 15 is 0 Å². The lowest BCUT2D eigenvalue weighted by atomic mass is 9.89. The Morgan fingerprint density at radius 3 is 2.55 bits per heavy atom. The largest absolute Gasteiger partial charge is 0.419 e. The second-order valence-electron chi connectivity index (χ2n) is 8.28. The van der Waals surface area contributed by atoms with Crippen molar-refractivity contribution in [2.24, 2.45) is 0 Å². The van der Waals surface area contributed by atoms with Crippen molar-refractivity contribution in [3.05, 3.63) is 52.6 Å². The molecule has 0 spiro atoms. The van der Waals surface area contributed by atoms with Gasteiger partial charge in [-0.15, -0.1) is 0 Å². The molecule has 5 rings (SSSR count). The first-order chi connectivity index (χ1) is 14.8. The number of alkyl halides is 3. The van der Waals surface area contributed by atoms with Gasteiger partial charge in [0.1, 0.15) is 11.5 Å². The number of morpholine rings is 1. The molecule has 1 aromatic heterocycles. The van der Waals surface area contributed by atoms with Crippen molar-refractivity contribution in [1.82, 2.24) is 9.88 Å². The van der Waals surface area contributed by atoms with Crippen molar-refractivity contribution >= 4 is 17.3 Å². The van der Waals surface area contributed by atoms with Crippen molar-refractivity contribution in [2.75, 3.05) is 31.6 Å². The van der Waals surface area contributed by atoms with E-state index in [1.54, 1.807) is 4.90 Å². The summed E-state index contributed by atoms with van der Waals surface area (Å²) in [7, 11) is 0. The number of pyridine rings is 1. The highest BCUT2D eigenvalue weighted by Crippen LogP contribution is 2.56. The van der Waals surface area contributed by atoms with Gasteiger partial charge in [-0.25, -0.2) is 9.37 Å². The first-order valence-electron chi connectivity index (χ1n) is 10.4. The van der Waals surface area contributed by atoms with Gasteiger partial charge in [0.05, 0.1) is 30.7 Å². The fraction of sp³-hybridized carbons (Fsp3) is 0.455. The molecule has 2 atom stereocenters. The molecule has 164 valence electrons. The predicted molar refractivity (Wildman–Crippen MR) is 105 cm³/mol. The second-order valence-corrected chi connectivity index (χ2v) is 8.28. The van der Waals surface area contributed by atoms with E-state index in [1.807, 2.05) is 0 Å². The number of carbonyl (C=O) groups excluding carboxylic acids is 1. The van der Waals surface area contributed by atoms with Crippen LogP contribution in [-0.2, 0) is 10.9 Å². The average Bonchev–Trinajstić information content (AvgIpc) is 3.37. The van der Waals surface area contributed by atoms with E-state index < -0.39 is 17.6 Å². The fourth-order valence-electron chi connectivity index (χ4n) is 5.06. The quantitative estimate of drug-likeness (QED) is 0.703. The monoisotopic (exact) mass is 435 g/mol. The molecule has 1 N–H and O–H groups in total. The zero-order chi connectivity index (χ0) is 21.8. The standard InChI is InChI=1S/C22H21F4N3O2/c23-16-4-3-14(10-15(16)22(24,25)26)28-17-11-27-20(21(30)29-5-7-31-8-6-29)19-13-2-1-12(9-13)18(17)19/h3-4,10-13,28H,1-2,5-9H2. The Morgan fingerprint density at radius 1 is 1.13 bits per heavy atom. The third-order valence-corrected chi connectivity index (χ3v) is 6.46. The van der Waals surface area contributed by atoms with Crippen LogP contribution >= 0.6 is 0 Å². The molecule has 9 heteroatoms. The highest BCUT2D eigenvalue weighted by molar-refractivity contribution is 5.95. The summed E-state index contributed by atoms with van der Waals surface area (Å²) in [6.45, 7) is 2.01. The number of rotatable bonds is 3. The van der Waals surface area contributed by atoms with Gasteiger partial charge in [0.2, 0.25) is 0 Å². The molecule has 2 bridgehead atoms. The van der Waals surface area contributed by atoms with Crippen LogP contribution in [0.15, 0.2) is 24.4 Å². The summed E-state index contributed by atoms with van der Waals surface area (Å²) in [6.07, 6.45) is -0.407. The van der Waals surface area contributed by atoms with Crippen LogP contribution in [-0.4, -0.2) is 42.1 Å². The number of halogens is 4. The first-order valence-corrected chi connectivity index (χ1v) is 10.4. The van der Waals surface area contributed by atoms with Gasteiger partial charge in [-0.05, 0) is 60.4 Å². The maximum atomic E-state index is 13.7. The Balaban J connectivity index is 1.51. The van der Waals surface area contributed by atoms with Crippen LogP contribution in [0.5, 0.6) is 0 Å². The highest BCUT2D eigenvalue weighted by Gasteiger charge is 2.42. The maximum absolute atomic E-state index is 13.7. The number of nitrogens with one attached hydrogen (secondary N) is 1. The number of benzene rings is 1. The summed E-state index contributed by atoms with van der Waals surface area (Å²) in [5.74, 6) is -0.968. The number of aromatic nitrogens is 1. The number of carbonyl (C=O) groups is 1. The zero-order valence-corrected chi connectivity index (χ0v) is 16.6. The minimum absolute atomic E-state index is 0.125. The predicted octanol–water partition coefficient (Wildman–Crippen LogP) is 4.82. The Morgan fingerprint density at radius 2 is 1.84 bits per heavy atom. The lowest BCUT2D eigenvalue weighted by Crippen LogP contribution is -2.41. The molecule has 2 unspecified atom stereocenters. The number of nitrogens with zero attached hydrogens (tertiary/aromatic N) is 2. The molecule has 2 aromatic rings.